The van der Waals surface area contributed by atoms with E-state index in [4.69, 9.17) is 34.3 Å². The maximum atomic E-state index is 6.00. The number of benzene rings is 2. The van der Waals surface area contributed by atoms with Gasteiger partial charge in [0.05, 0.1) is 5.56 Å². The van der Waals surface area contributed by atoms with Gasteiger partial charge in [-0.25, -0.2) is 0 Å². The average molecular weight is 292 g/mol. The van der Waals surface area contributed by atoms with Crippen molar-refractivity contribution < 1.29 is 4.74 Å². The van der Waals surface area contributed by atoms with E-state index in [0.29, 0.717) is 21.5 Å². The summed E-state index contributed by atoms with van der Waals surface area (Å²) in [6, 6.07) is 11.2. The normalized spacial score (nSPS) is 10.3. The Morgan fingerprint density at radius 2 is 1.89 bits per heavy atom. The van der Waals surface area contributed by atoms with Crippen molar-refractivity contribution in [1.29, 1.82) is 0 Å². The number of hydrogen-bond acceptors (Lipinski definition) is 2. The van der Waals surface area contributed by atoms with E-state index >= 15 is 0 Å². The van der Waals surface area contributed by atoms with Gasteiger partial charge in [0.15, 0.2) is 0 Å². The largest absolute Gasteiger partial charge is 0.456 e. The molecule has 0 aromatic heterocycles. The fourth-order valence-corrected chi connectivity index (χ4v) is 2.06. The Hall–Kier alpha value is -1.58. The molecule has 2 aromatic rings. The van der Waals surface area contributed by atoms with Crippen LogP contribution in [0.3, 0.4) is 0 Å². The van der Waals surface area contributed by atoms with E-state index in [0.717, 1.165) is 16.7 Å². The van der Waals surface area contributed by atoms with Crippen molar-refractivity contribution in [3.05, 3.63) is 58.1 Å². The number of ether oxygens (including phenoxy) is 1. The van der Waals surface area contributed by atoms with Crippen molar-refractivity contribution in [3.8, 4) is 11.5 Å². The third-order valence-corrected chi connectivity index (χ3v) is 3.47. The van der Waals surface area contributed by atoms with Gasteiger partial charge in [-0.3, -0.25) is 0 Å². The molecule has 0 atom stereocenters. The van der Waals surface area contributed by atoms with Crippen LogP contribution in [0.2, 0.25) is 5.02 Å². The van der Waals surface area contributed by atoms with Crippen LogP contribution in [0.1, 0.15) is 16.7 Å². The Balaban J connectivity index is 2.42. The minimum Gasteiger partial charge on any atom is -0.456 e. The lowest BCUT2D eigenvalue weighted by molar-refractivity contribution is 0.477. The zero-order valence-electron chi connectivity index (χ0n) is 10.7. The van der Waals surface area contributed by atoms with E-state index in [-0.39, 0.29) is 0 Å². The smallest absolute Gasteiger partial charge is 0.140 e. The van der Waals surface area contributed by atoms with Crippen LogP contribution in [0, 0.1) is 13.8 Å². The first-order valence-electron chi connectivity index (χ1n) is 5.82. The Labute approximate surface area is 123 Å². The summed E-state index contributed by atoms with van der Waals surface area (Å²) in [5, 5.41) is 0.715. The van der Waals surface area contributed by atoms with Crippen molar-refractivity contribution in [3.63, 3.8) is 0 Å². The molecule has 0 fully saturated rings. The predicted molar refractivity (Wildman–Crippen MR) is 83.3 cm³/mol. The van der Waals surface area contributed by atoms with Gasteiger partial charge in [0, 0.05) is 5.02 Å². The van der Waals surface area contributed by atoms with Gasteiger partial charge in [0.2, 0.25) is 0 Å². The lowest BCUT2D eigenvalue weighted by Crippen LogP contribution is -2.11. The third kappa shape index (κ3) is 3.06. The van der Waals surface area contributed by atoms with Crippen LogP contribution < -0.4 is 10.5 Å². The lowest BCUT2D eigenvalue weighted by Gasteiger charge is -2.13. The van der Waals surface area contributed by atoms with Crippen molar-refractivity contribution in [2.24, 2.45) is 5.73 Å². The highest BCUT2D eigenvalue weighted by molar-refractivity contribution is 7.80. The molecule has 0 saturated carbocycles. The highest BCUT2D eigenvalue weighted by Crippen LogP contribution is 2.30. The van der Waals surface area contributed by atoms with Crippen LogP contribution in [0.25, 0.3) is 0 Å². The molecule has 98 valence electrons. The third-order valence-electron chi connectivity index (χ3n) is 2.83. The van der Waals surface area contributed by atoms with Gasteiger partial charge < -0.3 is 10.5 Å². The molecule has 0 aliphatic heterocycles. The zero-order valence-corrected chi connectivity index (χ0v) is 12.3. The topological polar surface area (TPSA) is 35.2 Å². The second-order valence-corrected chi connectivity index (χ2v) is 5.18. The predicted octanol–water partition coefficient (Wildman–Crippen LogP) is 4.38. The highest BCUT2D eigenvalue weighted by Gasteiger charge is 2.10. The number of rotatable bonds is 3. The molecule has 4 heteroatoms. The molecule has 2 rings (SSSR count). The lowest BCUT2D eigenvalue weighted by atomic mass is 10.1. The van der Waals surface area contributed by atoms with Crippen molar-refractivity contribution in [1.82, 2.24) is 0 Å². The summed E-state index contributed by atoms with van der Waals surface area (Å²) in [7, 11) is 0. The molecule has 0 bridgehead atoms. The number of halogens is 1. The van der Waals surface area contributed by atoms with Crippen LogP contribution in [0.4, 0.5) is 0 Å². The summed E-state index contributed by atoms with van der Waals surface area (Å²) in [5.41, 5.74) is 8.41. The zero-order chi connectivity index (χ0) is 14.0. The minimum absolute atomic E-state index is 0.324. The fraction of sp³-hybridized carbons (Fsp3) is 0.133. The Morgan fingerprint density at radius 1 is 1.16 bits per heavy atom. The van der Waals surface area contributed by atoms with Gasteiger partial charge in [0.1, 0.15) is 16.5 Å². The van der Waals surface area contributed by atoms with E-state index in [1.54, 1.807) is 0 Å². The second kappa shape index (κ2) is 5.59. The van der Waals surface area contributed by atoms with Gasteiger partial charge in [-0.15, -0.1) is 0 Å². The molecule has 0 spiro atoms. The first kappa shape index (κ1) is 13.8. The molecule has 0 aliphatic carbocycles. The summed E-state index contributed by atoms with van der Waals surface area (Å²) in [6.45, 7) is 3.89. The van der Waals surface area contributed by atoms with E-state index in [2.05, 4.69) is 0 Å². The first-order chi connectivity index (χ1) is 8.99. The molecule has 2 nitrogen and oxygen atoms in total. The van der Waals surface area contributed by atoms with E-state index in [1.165, 1.54) is 0 Å². The quantitative estimate of drug-likeness (QED) is 0.852. The van der Waals surface area contributed by atoms with Crippen LogP contribution in [0.5, 0.6) is 11.5 Å². The van der Waals surface area contributed by atoms with Crippen LogP contribution in [-0.4, -0.2) is 4.99 Å². The van der Waals surface area contributed by atoms with Crippen LogP contribution in [-0.2, 0) is 0 Å². The van der Waals surface area contributed by atoms with Gasteiger partial charge in [-0.05, 0) is 49.2 Å². The summed E-state index contributed by atoms with van der Waals surface area (Å²) >= 11 is 11.0. The fourth-order valence-electron chi connectivity index (χ4n) is 1.78. The summed E-state index contributed by atoms with van der Waals surface area (Å²) < 4.78 is 5.91. The van der Waals surface area contributed by atoms with Crippen molar-refractivity contribution >= 4 is 28.8 Å². The average Bonchev–Trinajstić information content (AvgIpc) is 2.36. The Kier molecular flexibility index (Phi) is 4.08. The molecular formula is C15H14ClNOS. The molecule has 0 aliphatic rings. The van der Waals surface area contributed by atoms with Crippen molar-refractivity contribution in [2.75, 3.05) is 0 Å². The van der Waals surface area contributed by atoms with Crippen LogP contribution in [0.15, 0.2) is 36.4 Å². The number of hydrogen-bond donors (Lipinski definition) is 1. The summed E-state index contributed by atoms with van der Waals surface area (Å²) in [6.07, 6.45) is 0. The Morgan fingerprint density at radius 3 is 2.53 bits per heavy atom. The SMILES string of the molecule is Cc1cc(Oc2c(C)cccc2C(N)=S)ccc1Cl. The minimum atomic E-state index is 0.324. The van der Waals surface area contributed by atoms with Gasteiger partial charge in [0.25, 0.3) is 0 Å². The maximum Gasteiger partial charge on any atom is 0.140 e. The molecule has 2 N–H and O–H groups in total. The number of aryl methyl sites for hydroxylation is 2. The summed E-state index contributed by atoms with van der Waals surface area (Å²) in [4.78, 5) is 0.324. The molecule has 0 heterocycles. The molecule has 0 amide bonds. The van der Waals surface area contributed by atoms with E-state index in [9.17, 15) is 0 Å². The van der Waals surface area contributed by atoms with Crippen LogP contribution >= 0.6 is 23.8 Å². The molecular weight excluding hydrogens is 278 g/mol. The summed E-state index contributed by atoms with van der Waals surface area (Å²) in [5.74, 6) is 1.41. The first-order valence-corrected chi connectivity index (χ1v) is 6.61. The van der Waals surface area contributed by atoms with E-state index in [1.807, 2.05) is 50.2 Å². The standard InChI is InChI=1S/C15H14ClNOS/c1-9-4-3-5-12(15(17)19)14(9)18-11-6-7-13(16)10(2)8-11/h3-8H,1-2H3,(H2,17,19). The molecule has 0 radical (unpaired) electrons. The maximum absolute atomic E-state index is 6.00. The monoisotopic (exact) mass is 291 g/mol. The second-order valence-electron chi connectivity index (χ2n) is 4.33. The van der Waals surface area contributed by atoms with E-state index < -0.39 is 0 Å². The molecule has 0 unspecified atom stereocenters. The Bertz CT molecular complexity index is 640. The highest BCUT2D eigenvalue weighted by atomic mass is 35.5. The van der Waals surface area contributed by atoms with Gasteiger partial charge >= 0.3 is 0 Å². The molecule has 2 aromatic carbocycles. The number of para-hydroxylation sites is 1. The number of thiocarbonyl (C=S) groups is 1. The number of nitrogens with two attached hydrogens (primary N) is 1. The molecule has 0 saturated heterocycles. The van der Waals surface area contributed by atoms with Gasteiger partial charge in [-0.2, -0.15) is 0 Å². The van der Waals surface area contributed by atoms with Crippen molar-refractivity contribution in [2.45, 2.75) is 13.8 Å². The van der Waals surface area contributed by atoms with Gasteiger partial charge in [-0.1, -0.05) is 36.0 Å². The molecule has 19 heavy (non-hydrogen) atoms.